The van der Waals surface area contributed by atoms with E-state index in [0.717, 1.165) is 5.56 Å². The summed E-state index contributed by atoms with van der Waals surface area (Å²) in [5.74, 6) is 1.77. The number of aliphatic hydroxyl groups excluding tert-OH is 1. The van der Waals surface area contributed by atoms with Crippen molar-refractivity contribution in [1.82, 2.24) is 5.32 Å². The Hall–Kier alpha value is -2.93. The van der Waals surface area contributed by atoms with E-state index < -0.39 is 18.3 Å². The molecule has 0 radical (unpaired) electrons. The Kier molecular flexibility index (Phi) is 5.80. The quantitative estimate of drug-likeness (QED) is 0.790. The summed E-state index contributed by atoms with van der Waals surface area (Å²) in [6, 6.07) is 14.5. The first-order chi connectivity index (χ1) is 12.7. The van der Waals surface area contributed by atoms with Gasteiger partial charge in [0.2, 0.25) is 6.79 Å². The number of hydrogen-bond acceptors (Lipinski definition) is 6. The van der Waals surface area contributed by atoms with Gasteiger partial charge in [-0.15, -0.1) is 0 Å². The van der Waals surface area contributed by atoms with Gasteiger partial charge in [0.25, 0.3) is 0 Å². The molecule has 2 N–H and O–H groups in total. The third-order valence-corrected chi connectivity index (χ3v) is 3.82. The number of carbonyl (C=O) groups excluding carboxylic acids is 1. The van der Waals surface area contributed by atoms with Crippen molar-refractivity contribution in [2.75, 3.05) is 19.9 Å². The van der Waals surface area contributed by atoms with Crippen LogP contribution in [0.1, 0.15) is 18.6 Å². The van der Waals surface area contributed by atoms with Crippen molar-refractivity contribution in [2.24, 2.45) is 0 Å². The van der Waals surface area contributed by atoms with Crippen LogP contribution in [0.3, 0.4) is 0 Å². The lowest BCUT2D eigenvalue weighted by Crippen LogP contribution is -2.37. The van der Waals surface area contributed by atoms with Crippen LogP contribution in [0, 0.1) is 0 Å². The van der Waals surface area contributed by atoms with Gasteiger partial charge in [-0.25, -0.2) is 4.79 Å². The maximum atomic E-state index is 11.5. The van der Waals surface area contributed by atoms with Crippen LogP contribution < -0.4 is 19.5 Å². The molecule has 7 nitrogen and oxygen atoms in total. The van der Waals surface area contributed by atoms with Crippen LogP contribution in [0.5, 0.6) is 17.2 Å². The summed E-state index contributed by atoms with van der Waals surface area (Å²) in [4.78, 5) is 11.5. The molecular formula is C19H21NO6. The Morgan fingerprint density at radius 1 is 1.19 bits per heavy atom. The van der Waals surface area contributed by atoms with E-state index in [-0.39, 0.29) is 19.9 Å². The van der Waals surface area contributed by atoms with Crippen molar-refractivity contribution in [3.8, 4) is 17.2 Å². The number of fused-ring (bicyclic) bond motifs is 1. The van der Waals surface area contributed by atoms with Crippen molar-refractivity contribution in [2.45, 2.75) is 19.1 Å². The molecular weight excluding hydrogens is 338 g/mol. The van der Waals surface area contributed by atoms with E-state index >= 15 is 0 Å². The number of ether oxygens (including phenoxy) is 4. The average molecular weight is 359 g/mol. The van der Waals surface area contributed by atoms with Crippen LogP contribution in [0.25, 0.3) is 0 Å². The average Bonchev–Trinajstić information content (AvgIpc) is 3.13. The van der Waals surface area contributed by atoms with Crippen molar-refractivity contribution in [1.29, 1.82) is 0 Å². The highest BCUT2D eigenvalue weighted by atomic mass is 16.7. The van der Waals surface area contributed by atoms with Crippen molar-refractivity contribution in [3.05, 3.63) is 54.1 Å². The second-order valence-corrected chi connectivity index (χ2v) is 5.63. The second kappa shape index (κ2) is 8.44. The lowest BCUT2D eigenvalue weighted by atomic mass is 10.0. The highest BCUT2D eigenvalue weighted by Gasteiger charge is 2.25. The topological polar surface area (TPSA) is 86.3 Å². The molecule has 1 aliphatic heterocycles. The predicted octanol–water partition coefficient (Wildman–Crippen LogP) is 2.64. The van der Waals surface area contributed by atoms with Gasteiger partial charge in [-0.2, -0.15) is 0 Å². The SMILES string of the molecule is CCOC(=O)NCC(O)C(Oc1ccc2c(c1)OCO2)c1ccccc1. The summed E-state index contributed by atoms with van der Waals surface area (Å²) in [5, 5.41) is 13.1. The van der Waals surface area contributed by atoms with Crippen LogP contribution in [0.2, 0.25) is 0 Å². The number of alkyl carbamates (subject to hydrolysis) is 1. The number of nitrogens with one attached hydrogen (secondary N) is 1. The zero-order valence-corrected chi connectivity index (χ0v) is 14.4. The van der Waals surface area contributed by atoms with Gasteiger partial charge in [0, 0.05) is 6.07 Å². The second-order valence-electron chi connectivity index (χ2n) is 5.63. The minimum Gasteiger partial charge on any atom is -0.483 e. The molecule has 2 atom stereocenters. The van der Waals surface area contributed by atoms with Crippen LogP contribution in [-0.4, -0.2) is 37.2 Å². The van der Waals surface area contributed by atoms with Crippen LogP contribution in [0.15, 0.2) is 48.5 Å². The zero-order chi connectivity index (χ0) is 18.4. The summed E-state index contributed by atoms with van der Waals surface area (Å²) >= 11 is 0. The largest absolute Gasteiger partial charge is 0.483 e. The number of hydrogen-bond donors (Lipinski definition) is 2. The molecule has 0 bridgehead atoms. The monoisotopic (exact) mass is 359 g/mol. The van der Waals surface area contributed by atoms with Crippen molar-refractivity contribution in [3.63, 3.8) is 0 Å². The minimum atomic E-state index is -0.979. The van der Waals surface area contributed by atoms with E-state index in [2.05, 4.69) is 5.32 Å². The van der Waals surface area contributed by atoms with Crippen molar-refractivity contribution < 1.29 is 28.8 Å². The standard InChI is InChI=1S/C19H21NO6/c1-2-23-19(22)20-11-15(21)18(13-6-4-3-5-7-13)26-14-8-9-16-17(10-14)25-12-24-16/h3-10,15,18,21H,2,11-12H2,1H3,(H,20,22). The summed E-state index contributed by atoms with van der Waals surface area (Å²) in [6.45, 7) is 2.14. The number of carbonyl (C=O) groups is 1. The first kappa shape index (κ1) is 17.9. The normalized spacial score (nSPS) is 14.4. The maximum Gasteiger partial charge on any atom is 0.407 e. The smallest absolute Gasteiger partial charge is 0.407 e. The molecule has 1 aliphatic rings. The molecule has 2 aromatic rings. The van der Waals surface area contributed by atoms with Crippen LogP contribution in [-0.2, 0) is 4.74 Å². The van der Waals surface area contributed by atoms with Gasteiger partial charge >= 0.3 is 6.09 Å². The van der Waals surface area contributed by atoms with E-state index in [1.165, 1.54) is 0 Å². The van der Waals surface area contributed by atoms with Gasteiger partial charge in [0.1, 0.15) is 11.9 Å². The highest BCUT2D eigenvalue weighted by Crippen LogP contribution is 2.36. The molecule has 0 fully saturated rings. The van der Waals surface area contributed by atoms with Gasteiger partial charge < -0.3 is 29.4 Å². The van der Waals surface area contributed by atoms with Gasteiger partial charge in [-0.05, 0) is 24.6 Å². The summed E-state index contributed by atoms with van der Waals surface area (Å²) in [6.07, 6.45) is -2.24. The molecule has 0 saturated carbocycles. The number of amides is 1. The van der Waals surface area contributed by atoms with E-state index in [1.54, 1.807) is 25.1 Å². The zero-order valence-electron chi connectivity index (χ0n) is 14.4. The van der Waals surface area contributed by atoms with E-state index in [1.807, 2.05) is 30.3 Å². The minimum absolute atomic E-state index is 0.0110. The Morgan fingerprint density at radius 2 is 1.96 bits per heavy atom. The molecule has 0 spiro atoms. The molecule has 1 heterocycles. The molecule has 0 aromatic heterocycles. The first-order valence-electron chi connectivity index (χ1n) is 8.37. The van der Waals surface area contributed by atoms with Crippen LogP contribution in [0.4, 0.5) is 4.79 Å². The lowest BCUT2D eigenvalue weighted by Gasteiger charge is -2.25. The first-order valence-corrected chi connectivity index (χ1v) is 8.37. The van der Waals surface area contributed by atoms with Gasteiger partial charge in [0.15, 0.2) is 17.6 Å². The predicted molar refractivity (Wildman–Crippen MR) is 93.4 cm³/mol. The molecule has 2 unspecified atom stereocenters. The molecule has 2 aromatic carbocycles. The summed E-state index contributed by atoms with van der Waals surface area (Å²) in [5.41, 5.74) is 0.781. The molecule has 26 heavy (non-hydrogen) atoms. The maximum absolute atomic E-state index is 11.5. The fraction of sp³-hybridized carbons (Fsp3) is 0.316. The fourth-order valence-corrected chi connectivity index (χ4v) is 2.59. The Labute approximate surface area is 151 Å². The third kappa shape index (κ3) is 4.37. The third-order valence-electron chi connectivity index (χ3n) is 3.82. The lowest BCUT2D eigenvalue weighted by molar-refractivity contribution is 0.0347. The van der Waals surface area contributed by atoms with E-state index in [0.29, 0.717) is 17.2 Å². The van der Waals surface area contributed by atoms with Crippen LogP contribution >= 0.6 is 0 Å². The summed E-state index contributed by atoms with van der Waals surface area (Å²) < 4.78 is 21.5. The molecule has 138 valence electrons. The number of rotatable bonds is 7. The van der Waals surface area contributed by atoms with Gasteiger partial charge in [-0.3, -0.25) is 0 Å². The van der Waals surface area contributed by atoms with Gasteiger partial charge in [0.05, 0.1) is 13.2 Å². The Morgan fingerprint density at radius 3 is 2.73 bits per heavy atom. The highest BCUT2D eigenvalue weighted by molar-refractivity contribution is 5.67. The van der Waals surface area contributed by atoms with E-state index in [4.69, 9.17) is 18.9 Å². The molecule has 0 saturated heterocycles. The Balaban J connectivity index is 1.74. The fourth-order valence-electron chi connectivity index (χ4n) is 2.59. The Bertz CT molecular complexity index is 736. The molecule has 0 aliphatic carbocycles. The molecule has 3 rings (SSSR count). The molecule has 1 amide bonds. The number of benzene rings is 2. The molecule has 7 heteroatoms. The number of aliphatic hydroxyl groups is 1. The van der Waals surface area contributed by atoms with Gasteiger partial charge in [-0.1, -0.05) is 30.3 Å². The van der Waals surface area contributed by atoms with E-state index in [9.17, 15) is 9.90 Å². The summed E-state index contributed by atoms with van der Waals surface area (Å²) in [7, 11) is 0. The van der Waals surface area contributed by atoms with Crippen molar-refractivity contribution >= 4 is 6.09 Å².